The van der Waals surface area contributed by atoms with E-state index in [0.717, 1.165) is 35.1 Å². The van der Waals surface area contributed by atoms with Crippen LogP contribution in [-0.4, -0.2) is 22.5 Å². The highest BCUT2D eigenvalue weighted by Crippen LogP contribution is 2.31. The number of aromatic nitrogens is 2. The van der Waals surface area contributed by atoms with Crippen molar-refractivity contribution in [3.8, 4) is 5.75 Å². The predicted molar refractivity (Wildman–Crippen MR) is 92.1 cm³/mol. The van der Waals surface area contributed by atoms with Gasteiger partial charge in [-0.15, -0.1) is 0 Å². The number of carbonyl (C=O) groups excluding carboxylic acids is 1. The van der Waals surface area contributed by atoms with Crippen molar-refractivity contribution in [3.05, 3.63) is 53.9 Å². The van der Waals surface area contributed by atoms with Crippen molar-refractivity contribution in [2.45, 2.75) is 18.9 Å². The molecule has 0 radical (unpaired) electrons. The minimum Gasteiger partial charge on any atom is -0.493 e. The second-order valence-corrected chi connectivity index (χ2v) is 5.90. The van der Waals surface area contributed by atoms with Crippen LogP contribution >= 0.6 is 0 Å². The third kappa shape index (κ3) is 2.61. The molecule has 24 heavy (non-hydrogen) atoms. The van der Waals surface area contributed by atoms with E-state index in [1.54, 1.807) is 30.6 Å². The quantitative estimate of drug-likeness (QED) is 0.676. The van der Waals surface area contributed by atoms with E-state index in [-0.39, 0.29) is 11.9 Å². The zero-order valence-electron chi connectivity index (χ0n) is 13.1. The first kappa shape index (κ1) is 14.7. The van der Waals surface area contributed by atoms with Gasteiger partial charge in [0.2, 0.25) is 0 Å². The molecular weight excluding hydrogens is 304 g/mol. The van der Waals surface area contributed by atoms with Gasteiger partial charge in [0.25, 0.3) is 5.91 Å². The lowest BCUT2D eigenvalue weighted by Crippen LogP contribution is -2.14. The van der Waals surface area contributed by atoms with E-state index in [0.29, 0.717) is 17.9 Å². The van der Waals surface area contributed by atoms with Gasteiger partial charge < -0.3 is 20.8 Å². The normalized spacial score (nSPS) is 17.0. The second-order valence-electron chi connectivity index (χ2n) is 5.90. The molecule has 1 amide bonds. The highest BCUT2D eigenvalue weighted by molar-refractivity contribution is 6.08. The number of aromatic amines is 1. The predicted octanol–water partition coefficient (Wildman–Crippen LogP) is 2.99. The summed E-state index contributed by atoms with van der Waals surface area (Å²) >= 11 is 0. The van der Waals surface area contributed by atoms with E-state index < -0.39 is 0 Å². The molecule has 2 aromatic heterocycles. The van der Waals surface area contributed by atoms with Crippen molar-refractivity contribution in [1.82, 2.24) is 9.97 Å². The largest absolute Gasteiger partial charge is 0.493 e. The number of nitrogens with one attached hydrogen (secondary N) is 2. The Balaban J connectivity index is 1.63. The molecule has 4 N–H and O–H groups in total. The first-order valence-corrected chi connectivity index (χ1v) is 7.98. The number of carbonyl (C=O) groups is 1. The molecule has 4 rings (SSSR count). The van der Waals surface area contributed by atoms with E-state index in [9.17, 15) is 4.79 Å². The van der Waals surface area contributed by atoms with Crippen LogP contribution in [0.5, 0.6) is 5.75 Å². The molecular formula is C18H18N4O2. The summed E-state index contributed by atoms with van der Waals surface area (Å²) < 4.78 is 5.74. The summed E-state index contributed by atoms with van der Waals surface area (Å²) in [5.41, 5.74) is 9.12. The van der Waals surface area contributed by atoms with E-state index in [4.69, 9.17) is 10.5 Å². The number of hydrogen-bond donors (Lipinski definition) is 3. The molecule has 0 fully saturated rings. The van der Waals surface area contributed by atoms with E-state index >= 15 is 0 Å². The summed E-state index contributed by atoms with van der Waals surface area (Å²) in [5, 5.41) is 3.81. The molecule has 1 atom stereocenters. The van der Waals surface area contributed by atoms with Gasteiger partial charge in [-0.25, -0.2) is 4.98 Å². The van der Waals surface area contributed by atoms with Gasteiger partial charge in [-0.3, -0.25) is 4.79 Å². The van der Waals surface area contributed by atoms with Crippen LogP contribution in [0, 0.1) is 0 Å². The maximum Gasteiger partial charge on any atom is 0.255 e. The Kier molecular flexibility index (Phi) is 3.66. The summed E-state index contributed by atoms with van der Waals surface area (Å²) in [6, 6.07) is 9.07. The van der Waals surface area contributed by atoms with Gasteiger partial charge in [0.15, 0.2) is 0 Å². The minimum atomic E-state index is -0.187. The fourth-order valence-electron chi connectivity index (χ4n) is 3.01. The molecule has 0 saturated heterocycles. The number of pyridine rings is 1. The van der Waals surface area contributed by atoms with Gasteiger partial charge >= 0.3 is 0 Å². The van der Waals surface area contributed by atoms with Crippen LogP contribution in [0.4, 0.5) is 5.69 Å². The number of ether oxygens (including phenoxy) is 1. The maximum absolute atomic E-state index is 12.6. The third-order valence-electron chi connectivity index (χ3n) is 4.30. The van der Waals surface area contributed by atoms with Gasteiger partial charge in [0, 0.05) is 34.9 Å². The average molecular weight is 322 g/mol. The Hall–Kier alpha value is -2.86. The summed E-state index contributed by atoms with van der Waals surface area (Å²) in [4.78, 5) is 19.9. The summed E-state index contributed by atoms with van der Waals surface area (Å²) in [6.07, 6.45) is 5.26. The van der Waals surface area contributed by atoms with Crippen LogP contribution < -0.4 is 15.8 Å². The van der Waals surface area contributed by atoms with Crippen LogP contribution in [0.3, 0.4) is 0 Å². The number of H-pyrrole nitrogens is 1. The lowest BCUT2D eigenvalue weighted by atomic mass is 10.0. The molecule has 6 nitrogen and oxygen atoms in total. The summed E-state index contributed by atoms with van der Waals surface area (Å²) in [5.74, 6) is 0.516. The number of amides is 1. The smallest absolute Gasteiger partial charge is 0.255 e. The van der Waals surface area contributed by atoms with Crippen molar-refractivity contribution in [2.75, 3.05) is 11.9 Å². The monoisotopic (exact) mass is 322 g/mol. The molecule has 3 aromatic rings. The van der Waals surface area contributed by atoms with Crippen molar-refractivity contribution in [2.24, 2.45) is 5.73 Å². The molecule has 0 bridgehead atoms. The summed E-state index contributed by atoms with van der Waals surface area (Å²) in [6.45, 7) is 0.625. The molecule has 6 heteroatoms. The minimum absolute atomic E-state index is 0.0423. The van der Waals surface area contributed by atoms with Crippen LogP contribution in [-0.2, 0) is 0 Å². The molecule has 1 aliphatic heterocycles. The lowest BCUT2D eigenvalue weighted by Gasteiger charge is -2.13. The molecule has 1 aromatic carbocycles. The highest BCUT2D eigenvalue weighted by Gasteiger charge is 2.18. The van der Waals surface area contributed by atoms with Gasteiger partial charge in [-0.2, -0.15) is 0 Å². The lowest BCUT2D eigenvalue weighted by molar-refractivity contribution is 0.102. The van der Waals surface area contributed by atoms with E-state index in [1.165, 1.54) is 0 Å². The molecule has 0 saturated carbocycles. The molecule has 0 spiro atoms. The Morgan fingerprint density at radius 3 is 3.17 bits per heavy atom. The van der Waals surface area contributed by atoms with Crippen molar-refractivity contribution in [1.29, 1.82) is 0 Å². The molecule has 3 heterocycles. The molecule has 0 aliphatic carbocycles. The maximum atomic E-state index is 12.6. The number of benzene rings is 1. The van der Waals surface area contributed by atoms with Crippen molar-refractivity contribution < 1.29 is 9.53 Å². The number of anilines is 1. The molecule has 1 aliphatic rings. The summed E-state index contributed by atoms with van der Waals surface area (Å²) in [7, 11) is 0. The Morgan fingerprint density at radius 1 is 1.33 bits per heavy atom. The van der Waals surface area contributed by atoms with E-state index in [1.807, 2.05) is 12.1 Å². The van der Waals surface area contributed by atoms with Crippen molar-refractivity contribution >= 4 is 22.6 Å². The number of nitrogens with two attached hydrogens (primary N) is 1. The SMILES string of the molecule is N[C@@H]1CCCOc2cc(C(=O)Nc3ccnc4[nH]ccc34)ccc21. The Bertz CT molecular complexity index is 903. The van der Waals surface area contributed by atoms with Crippen LogP contribution in [0.15, 0.2) is 42.7 Å². The Labute approximate surface area is 139 Å². The van der Waals surface area contributed by atoms with Gasteiger partial charge in [-0.1, -0.05) is 6.07 Å². The second kappa shape index (κ2) is 5.98. The number of fused-ring (bicyclic) bond motifs is 2. The third-order valence-corrected chi connectivity index (χ3v) is 4.30. The number of rotatable bonds is 2. The topological polar surface area (TPSA) is 93.0 Å². The zero-order chi connectivity index (χ0) is 16.5. The van der Waals surface area contributed by atoms with Crippen LogP contribution in [0.2, 0.25) is 0 Å². The van der Waals surface area contributed by atoms with Gasteiger partial charge in [0.1, 0.15) is 11.4 Å². The van der Waals surface area contributed by atoms with Gasteiger partial charge in [-0.05, 0) is 37.1 Å². The standard InChI is InChI=1S/C18H18N4O2/c19-14-2-1-9-24-16-10-11(3-4-12(14)16)18(23)22-15-6-8-21-17-13(15)5-7-20-17/h3-8,10,14H,1-2,9,19H2,(H2,20,21,22,23)/t14-/m1/s1. The molecule has 122 valence electrons. The first-order chi connectivity index (χ1) is 11.7. The molecule has 0 unspecified atom stereocenters. The Morgan fingerprint density at radius 2 is 2.25 bits per heavy atom. The van der Waals surface area contributed by atoms with Crippen LogP contribution in [0.1, 0.15) is 34.8 Å². The fraction of sp³-hybridized carbons (Fsp3) is 0.222. The average Bonchev–Trinajstić information content (AvgIpc) is 3.00. The van der Waals surface area contributed by atoms with E-state index in [2.05, 4.69) is 15.3 Å². The number of nitrogens with zero attached hydrogens (tertiary/aromatic N) is 1. The first-order valence-electron chi connectivity index (χ1n) is 7.98. The highest BCUT2D eigenvalue weighted by atomic mass is 16.5. The van der Waals surface area contributed by atoms with Crippen molar-refractivity contribution in [3.63, 3.8) is 0 Å². The fourth-order valence-corrected chi connectivity index (χ4v) is 3.01. The van der Waals surface area contributed by atoms with Crippen LogP contribution in [0.25, 0.3) is 11.0 Å². The number of hydrogen-bond acceptors (Lipinski definition) is 4. The zero-order valence-corrected chi connectivity index (χ0v) is 13.1. The van der Waals surface area contributed by atoms with Gasteiger partial charge in [0.05, 0.1) is 12.3 Å².